The van der Waals surface area contributed by atoms with Gasteiger partial charge in [0.1, 0.15) is 17.4 Å². The molecule has 2 aromatic carbocycles. The predicted molar refractivity (Wildman–Crippen MR) is 117 cm³/mol. The molecule has 0 aliphatic carbocycles. The van der Waals surface area contributed by atoms with Crippen molar-refractivity contribution in [2.45, 2.75) is 38.2 Å². The first kappa shape index (κ1) is 21.8. The van der Waals surface area contributed by atoms with Gasteiger partial charge in [0, 0.05) is 10.9 Å². The second kappa shape index (κ2) is 7.92. The molecular formula is C23H22N2O6S. The number of furan rings is 1. The largest absolute Gasteiger partial charge is 0.481 e. The molecule has 1 unspecified atom stereocenters. The van der Waals surface area contributed by atoms with Gasteiger partial charge >= 0.3 is 5.97 Å². The minimum Gasteiger partial charge on any atom is -0.481 e. The third-order valence-electron chi connectivity index (χ3n) is 5.35. The molecule has 0 fully saturated rings. The fourth-order valence-corrected chi connectivity index (χ4v) is 5.11. The van der Waals surface area contributed by atoms with E-state index in [0.29, 0.717) is 27.8 Å². The smallest absolute Gasteiger partial charge is 0.307 e. The lowest BCUT2D eigenvalue weighted by molar-refractivity contribution is -0.136. The number of carbonyl (C=O) groups is 1. The van der Waals surface area contributed by atoms with Gasteiger partial charge in [0.2, 0.25) is 0 Å². The topological polar surface area (TPSA) is 123 Å². The van der Waals surface area contributed by atoms with Crippen LogP contribution in [-0.2, 0) is 21.2 Å². The lowest BCUT2D eigenvalue weighted by Gasteiger charge is -2.10. The summed E-state index contributed by atoms with van der Waals surface area (Å²) < 4.78 is 32.9. The molecule has 0 bridgehead atoms. The highest BCUT2D eigenvalue weighted by atomic mass is 32.2. The zero-order valence-electron chi connectivity index (χ0n) is 17.7. The van der Waals surface area contributed by atoms with Gasteiger partial charge in [0.05, 0.1) is 22.7 Å². The molecule has 0 spiro atoms. The molecule has 4 aromatic rings. The average Bonchev–Trinajstić information content (AvgIpc) is 3.28. The first-order valence-corrected chi connectivity index (χ1v) is 11.3. The minimum absolute atomic E-state index is 0.101. The van der Waals surface area contributed by atoms with Crippen molar-refractivity contribution in [2.75, 3.05) is 0 Å². The number of aliphatic hydroxyl groups excluding tert-OH is 1. The molecule has 32 heavy (non-hydrogen) atoms. The van der Waals surface area contributed by atoms with Crippen LogP contribution >= 0.6 is 0 Å². The number of fused-ring (bicyclic) bond motifs is 1. The van der Waals surface area contributed by atoms with Crippen LogP contribution in [0.3, 0.4) is 0 Å². The molecule has 2 aromatic heterocycles. The van der Waals surface area contributed by atoms with Gasteiger partial charge in [0.25, 0.3) is 10.0 Å². The standard InChI is InChI=1S/C23H22N2O6S/c1-13-4-7-18(8-5-13)32(29,30)25-15(3)22(14(2)24-25)23(28)20-12-17-10-16(11-21(26)27)6-9-19(17)31-20/h4-10,12,23,28H,11H2,1-3H3,(H,26,27). The summed E-state index contributed by atoms with van der Waals surface area (Å²) in [6.45, 7) is 5.07. The molecule has 0 radical (unpaired) electrons. The Bertz CT molecular complexity index is 1430. The van der Waals surface area contributed by atoms with E-state index < -0.39 is 22.1 Å². The summed E-state index contributed by atoms with van der Waals surface area (Å²) in [5.74, 6) is -0.729. The normalized spacial score (nSPS) is 12.9. The van der Waals surface area contributed by atoms with Crippen LogP contribution in [-0.4, -0.2) is 33.8 Å². The van der Waals surface area contributed by atoms with E-state index in [1.807, 2.05) is 6.92 Å². The number of carboxylic acid groups (broad SMARTS) is 1. The summed E-state index contributed by atoms with van der Waals surface area (Å²) in [6.07, 6.45) is -1.37. The van der Waals surface area contributed by atoms with E-state index in [2.05, 4.69) is 5.10 Å². The molecule has 0 saturated carbocycles. The van der Waals surface area contributed by atoms with Crippen LogP contribution in [0.2, 0.25) is 0 Å². The van der Waals surface area contributed by atoms with E-state index in [0.717, 1.165) is 9.65 Å². The summed E-state index contributed by atoms with van der Waals surface area (Å²) in [5, 5.41) is 24.8. The van der Waals surface area contributed by atoms with Gasteiger partial charge in [-0.25, -0.2) is 0 Å². The summed E-state index contributed by atoms with van der Waals surface area (Å²) >= 11 is 0. The highest BCUT2D eigenvalue weighted by Gasteiger charge is 2.29. The Labute approximate surface area is 184 Å². The zero-order chi connectivity index (χ0) is 23.2. The molecule has 2 N–H and O–H groups in total. The van der Waals surface area contributed by atoms with Crippen LogP contribution in [0.15, 0.2) is 57.8 Å². The summed E-state index contributed by atoms with van der Waals surface area (Å²) in [6, 6.07) is 13.1. The number of hydrogen-bond acceptors (Lipinski definition) is 6. The Morgan fingerprint density at radius 1 is 1.09 bits per heavy atom. The molecule has 0 saturated heterocycles. The number of aromatic nitrogens is 2. The number of aliphatic hydroxyl groups is 1. The van der Waals surface area contributed by atoms with Crippen molar-refractivity contribution < 1.29 is 27.8 Å². The molecule has 8 nitrogen and oxygen atoms in total. The number of aryl methyl sites for hydroxylation is 2. The third-order valence-corrected chi connectivity index (χ3v) is 7.03. The Morgan fingerprint density at radius 3 is 2.44 bits per heavy atom. The van der Waals surface area contributed by atoms with Gasteiger partial charge < -0.3 is 14.6 Å². The fourth-order valence-electron chi connectivity index (χ4n) is 3.74. The first-order chi connectivity index (χ1) is 15.1. The van der Waals surface area contributed by atoms with Gasteiger partial charge in [-0.2, -0.15) is 17.6 Å². The molecular weight excluding hydrogens is 432 g/mol. The SMILES string of the molecule is Cc1ccc(S(=O)(=O)n2nc(C)c(C(O)c3cc4cc(CC(=O)O)ccc4o3)c2C)cc1. The number of aliphatic carboxylic acids is 1. The van der Waals surface area contributed by atoms with Crippen molar-refractivity contribution in [1.82, 2.24) is 9.19 Å². The summed E-state index contributed by atoms with van der Waals surface area (Å²) in [7, 11) is -3.94. The lowest BCUT2D eigenvalue weighted by atomic mass is 10.0. The predicted octanol–water partition coefficient (Wildman–Crippen LogP) is 3.50. The Hall–Kier alpha value is -3.43. The fraction of sp³-hybridized carbons (Fsp3) is 0.217. The van der Waals surface area contributed by atoms with Gasteiger partial charge in [-0.05, 0) is 56.7 Å². The van der Waals surface area contributed by atoms with Crippen LogP contribution in [0.1, 0.15) is 39.9 Å². The van der Waals surface area contributed by atoms with E-state index in [4.69, 9.17) is 9.52 Å². The van der Waals surface area contributed by atoms with E-state index in [1.165, 1.54) is 12.1 Å². The van der Waals surface area contributed by atoms with Crippen molar-refractivity contribution >= 4 is 27.0 Å². The van der Waals surface area contributed by atoms with Crippen LogP contribution in [0.4, 0.5) is 0 Å². The van der Waals surface area contributed by atoms with Crippen LogP contribution in [0, 0.1) is 20.8 Å². The number of nitrogens with zero attached hydrogens (tertiary/aromatic N) is 2. The van der Waals surface area contributed by atoms with Gasteiger partial charge in [-0.3, -0.25) is 4.79 Å². The quantitative estimate of drug-likeness (QED) is 0.457. The van der Waals surface area contributed by atoms with Crippen molar-refractivity contribution in [2.24, 2.45) is 0 Å². The highest BCUT2D eigenvalue weighted by Crippen LogP contribution is 2.33. The molecule has 166 valence electrons. The Kier molecular flexibility index (Phi) is 5.39. The average molecular weight is 455 g/mol. The maximum absolute atomic E-state index is 13.1. The summed E-state index contributed by atoms with van der Waals surface area (Å²) in [5.41, 5.74) is 3.01. The number of benzene rings is 2. The maximum Gasteiger partial charge on any atom is 0.307 e. The third kappa shape index (κ3) is 3.80. The van der Waals surface area contributed by atoms with E-state index in [9.17, 15) is 18.3 Å². The Morgan fingerprint density at radius 2 is 1.78 bits per heavy atom. The number of rotatable bonds is 6. The highest BCUT2D eigenvalue weighted by molar-refractivity contribution is 7.89. The molecule has 9 heteroatoms. The van der Waals surface area contributed by atoms with Crippen molar-refractivity contribution in [3.63, 3.8) is 0 Å². The molecule has 4 rings (SSSR count). The number of carboxylic acids is 1. The molecule has 0 amide bonds. The van der Waals surface area contributed by atoms with E-state index in [-0.39, 0.29) is 22.8 Å². The molecule has 0 aliphatic heterocycles. The number of hydrogen-bond donors (Lipinski definition) is 2. The van der Waals surface area contributed by atoms with Crippen molar-refractivity contribution in [3.8, 4) is 0 Å². The van der Waals surface area contributed by atoms with E-state index in [1.54, 1.807) is 50.2 Å². The van der Waals surface area contributed by atoms with Crippen LogP contribution in [0.25, 0.3) is 11.0 Å². The monoisotopic (exact) mass is 454 g/mol. The summed E-state index contributed by atoms with van der Waals surface area (Å²) in [4.78, 5) is 11.1. The minimum atomic E-state index is -3.94. The van der Waals surface area contributed by atoms with Crippen LogP contribution in [0.5, 0.6) is 0 Å². The lowest BCUT2D eigenvalue weighted by Crippen LogP contribution is -2.16. The zero-order valence-corrected chi connectivity index (χ0v) is 18.5. The second-order valence-electron chi connectivity index (χ2n) is 7.74. The molecule has 2 heterocycles. The van der Waals surface area contributed by atoms with Crippen LogP contribution < -0.4 is 0 Å². The van der Waals surface area contributed by atoms with Gasteiger partial charge in [-0.15, -0.1) is 0 Å². The molecule has 1 atom stereocenters. The Balaban J connectivity index is 1.73. The van der Waals surface area contributed by atoms with Gasteiger partial charge in [-0.1, -0.05) is 23.8 Å². The second-order valence-corrected chi connectivity index (χ2v) is 9.51. The van der Waals surface area contributed by atoms with Gasteiger partial charge in [0.15, 0.2) is 0 Å². The molecule has 0 aliphatic rings. The first-order valence-electron chi connectivity index (χ1n) is 9.88. The van der Waals surface area contributed by atoms with E-state index >= 15 is 0 Å². The maximum atomic E-state index is 13.1. The van der Waals surface area contributed by atoms with Crippen molar-refractivity contribution in [3.05, 3.63) is 82.4 Å². The van der Waals surface area contributed by atoms with Crippen molar-refractivity contribution in [1.29, 1.82) is 0 Å².